The Balaban J connectivity index is 1.44. The monoisotopic (exact) mass is 651 g/mol. The number of hydrogen-bond acceptors (Lipinski definition) is 8. The number of imidazole rings is 1. The number of amides is 2. The predicted octanol–water partition coefficient (Wildman–Crippen LogP) is 3.22. The number of aromatic nitrogens is 4. The molecule has 0 aliphatic carbocycles. The minimum Gasteiger partial charge on any atom is -0.497 e. The minimum atomic E-state index is -1.18. The highest BCUT2D eigenvalue weighted by Gasteiger charge is 2.36. The second-order valence-corrected chi connectivity index (χ2v) is 11.4. The Bertz CT molecular complexity index is 1900. The topological polar surface area (TPSA) is 172 Å². The molecule has 0 bridgehead atoms. The normalized spacial score (nSPS) is 11.4. The van der Waals surface area contributed by atoms with Gasteiger partial charge in [-0.2, -0.15) is 4.98 Å². The third-order valence-corrected chi connectivity index (χ3v) is 7.93. The first kappa shape index (κ1) is 33.5. The van der Waals surface area contributed by atoms with Gasteiger partial charge in [-0.25, -0.2) is 4.98 Å². The summed E-state index contributed by atoms with van der Waals surface area (Å²) in [6, 6.07) is 27.4. The highest BCUT2D eigenvalue weighted by Crippen LogP contribution is 2.37. The van der Waals surface area contributed by atoms with Gasteiger partial charge >= 0.3 is 5.97 Å². The number of carboxylic acids is 1. The van der Waals surface area contributed by atoms with E-state index in [-0.39, 0.29) is 48.6 Å². The highest BCUT2D eigenvalue weighted by atomic mass is 16.5. The standard InChI is InChI=1S/C35H37N7O6/c1-23(2)32(46)39-34-38-31-30(33(47)40-34)36-22-42(31)20-28(43)41(21-29(44)45)19-18-37-35(24-10-6-4-7-11-24,25-12-8-5-9-13-25)26-14-16-27(48-3)17-15-26/h4-17,22-23,37H,18-21H2,1-3H3,(H,44,45)(H2,38,39,40,46,47). The van der Waals surface area contributed by atoms with E-state index in [2.05, 4.69) is 25.6 Å². The lowest BCUT2D eigenvalue weighted by molar-refractivity contribution is -0.144. The number of ether oxygens (including phenoxy) is 1. The maximum atomic E-state index is 13.7. The van der Waals surface area contributed by atoms with Crippen LogP contribution in [0, 0.1) is 5.92 Å². The van der Waals surface area contributed by atoms with Crippen molar-refractivity contribution in [2.24, 2.45) is 5.92 Å². The van der Waals surface area contributed by atoms with E-state index in [0.717, 1.165) is 16.7 Å². The molecule has 2 heterocycles. The van der Waals surface area contributed by atoms with Gasteiger partial charge in [0.1, 0.15) is 18.8 Å². The van der Waals surface area contributed by atoms with Crippen molar-refractivity contribution in [2.45, 2.75) is 25.9 Å². The third kappa shape index (κ3) is 7.26. The van der Waals surface area contributed by atoms with E-state index >= 15 is 0 Å². The van der Waals surface area contributed by atoms with Crippen LogP contribution in [0.3, 0.4) is 0 Å². The van der Waals surface area contributed by atoms with Crippen LogP contribution in [-0.4, -0.2) is 74.1 Å². The SMILES string of the molecule is COc1ccc(C(NCCN(CC(=O)O)C(=O)Cn2cnc3c(=O)[nH]c(NC(=O)C(C)C)nc32)(c2ccccc2)c2ccccc2)cc1. The summed E-state index contributed by atoms with van der Waals surface area (Å²) in [4.78, 5) is 62.5. The van der Waals surface area contributed by atoms with Crippen molar-refractivity contribution in [3.63, 3.8) is 0 Å². The van der Waals surface area contributed by atoms with Gasteiger partial charge in [-0.15, -0.1) is 0 Å². The van der Waals surface area contributed by atoms with E-state index in [1.165, 1.54) is 15.8 Å². The molecule has 13 nitrogen and oxygen atoms in total. The van der Waals surface area contributed by atoms with Gasteiger partial charge in [-0.1, -0.05) is 86.6 Å². The largest absolute Gasteiger partial charge is 0.497 e. The molecule has 13 heteroatoms. The van der Waals surface area contributed by atoms with Crippen molar-refractivity contribution in [3.8, 4) is 5.75 Å². The Morgan fingerprint density at radius 3 is 2.12 bits per heavy atom. The lowest BCUT2D eigenvalue weighted by Gasteiger charge is -2.38. The average Bonchev–Trinajstić information content (AvgIpc) is 3.49. The summed E-state index contributed by atoms with van der Waals surface area (Å²) in [5.41, 5.74) is 1.40. The molecule has 248 valence electrons. The van der Waals surface area contributed by atoms with E-state index in [1.807, 2.05) is 84.9 Å². The number of carbonyl (C=O) groups is 3. The highest BCUT2D eigenvalue weighted by molar-refractivity contribution is 5.91. The fraction of sp³-hybridized carbons (Fsp3) is 0.257. The van der Waals surface area contributed by atoms with E-state index < -0.39 is 29.5 Å². The summed E-state index contributed by atoms with van der Waals surface area (Å²) in [5, 5.41) is 15.9. The van der Waals surface area contributed by atoms with Gasteiger partial charge in [0.05, 0.1) is 19.0 Å². The number of fused-ring (bicyclic) bond motifs is 1. The van der Waals surface area contributed by atoms with Crippen molar-refractivity contribution >= 4 is 34.9 Å². The van der Waals surface area contributed by atoms with Crippen LogP contribution in [0.25, 0.3) is 11.2 Å². The molecule has 0 saturated heterocycles. The molecule has 0 saturated carbocycles. The lowest BCUT2D eigenvalue weighted by Crippen LogP contribution is -2.49. The molecular weight excluding hydrogens is 614 g/mol. The van der Waals surface area contributed by atoms with Gasteiger partial charge in [0.2, 0.25) is 17.8 Å². The van der Waals surface area contributed by atoms with Gasteiger partial charge in [0, 0.05) is 19.0 Å². The molecule has 0 fully saturated rings. The quantitative estimate of drug-likeness (QED) is 0.132. The maximum absolute atomic E-state index is 13.7. The van der Waals surface area contributed by atoms with Gasteiger partial charge in [0.25, 0.3) is 5.56 Å². The number of rotatable bonds is 14. The molecule has 48 heavy (non-hydrogen) atoms. The fourth-order valence-electron chi connectivity index (χ4n) is 5.49. The molecule has 5 aromatic rings. The van der Waals surface area contributed by atoms with Crippen molar-refractivity contribution in [1.82, 2.24) is 29.7 Å². The van der Waals surface area contributed by atoms with Crippen LogP contribution in [-0.2, 0) is 26.5 Å². The molecule has 0 unspecified atom stereocenters. The summed E-state index contributed by atoms with van der Waals surface area (Å²) in [7, 11) is 1.60. The van der Waals surface area contributed by atoms with Crippen LogP contribution < -0.4 is 20.9 Å². The number of nitrogens with zero attached hydrogens (tertiary/aromatic N) is 4. The van der Waals surface area contributed by atoms with Crippen molar-refractivity contribution in [2.75, 3.05) is 32.1 Å². The molecule has 3 aromatic carbocycles. The number of aliphatic carboxylic acids is 1. The third-order valence-electron chi connectivity index (χ3n) is 7.93. The van der Waals surface area contributed by atoms with E-state index in [4.69, 9.17) is 4.74 Å². The molecule has 2 amide bonds. The number of hydrogen-bond donors (Lipinski definition) is 4. The van der Waals surface area contributed by atoms with Gasteiger partial charge in [0.15, 0.2) is 11.2 Å². The maximum Gasteiger partial charge on any atom is 0.323 e. The number of methoxy groups -OCH3 is 1. The van der Waals surface area contributed by atoms with Crippen LogP contribution in [0.1, 0.15) is 30.5 Å². The number of anilines is 1. The molecular formula is C35H37N7O6. The second kappa shape index (κ2) is 14.7. The van der Waals surface area contributed by atoms with Crippen LogP contribution in [0.2, 0.25) is 0 Å². The van der Waals surface area contributed by atoms with Crippen molar-refractivity contribution in [3.05, 3.63) is 118 Å². The molecule has 0 aliphatic rings. The van der Waals surface area contributed by atoms with Crippen LogP contribution in [0.15, 0.2) is 96.1 Å². The number of carboxylic acid groups (broad SMARTS) is 1. The Morgan fingerprint density at radius 2 is 1.56 bits per heavy atom. The van der Waals surface area contributed by atoms with Crippen molar-refractivity contribution < 1.29 is 24.2 Å². The summed E-state index contributed by atoms with van der Waals surface area (Å²) >= 11 is 0. The molecule has 4 N–H and O–H groups in total. The van der Waals surface area contributed by atoms with E-state index in [9.17, 15) is 24.3 Å². The summed E-state index contributed by atoms with van der Waals surface area (Å²) in [5.74, 6) is -1.80. The van der Waals surface area contributed by atoms with Gasteiger partial charge in [-0.05, 0) is 28.8 Å². The van der Waals surface area contributed by atoms with Crippen LogP contribution in [0.4, 0.5) is 5.95 Å². The number of benzene rings is 3. The Kier molecular flexibility index (Phi) is 10.3. The molecule has 2 aromatic heterocycles. The van der Waals surface area contributed by atoms with Crippen LogP contribution in [0.5, 0.6) is 5.75 Å². The molecule has 5 rings (SSSR count). The number of carbonyl (C=O) groups excluding carboxylic acids is 2. The van der Waals surface area contributed by atoms with Gasteiger partial charge < -0.3 is 19.3 Å². The summed E-state index contributed by atoms with van der Waals surface area (Å²) < 4.78 is 6.77. The molecule has 0 spiro atoms. The first-order valence-corrected chi connectivity index (χ1v) is 15.4. The molecule has 0 atom stereocenters. The number of aromatic amines is 1. The van der Waals surface area contributed by atoms with Crippen molar-refractivity contribution in [1.29, 1.82) is 0 Å². The lowest BCUT2D eigenvalue weighted by atomic mass is 9.77. The predicted molar refractivity (Wildman–Crippen MR) is 180 cm³/mol. The van der Waals surface area contributed by atoms with E-state index in [1.54, 1.807) is 21.0 Å². The average molecular weight is 652 g/mol. The van der Waals surface area contributed by atoms with E-state index in [0.29, 0.717) is 5.75 Å². The zero-order chi connectivity index (χ0) is 34.3. The van der Waals surface area contributed by atoms with Gasteiger partial charge in [-0.3, -0.25) is 34.8 Å². The molecule has 0 radical (unpaired) electrons. The number of nitrogens with one attached hydrogen (secondary N) is 3. The Hall–Kier alpha value is -5.82. The first-order valence-electron chi connectivity index (χ1n) is 15.4. The van der Waals surface area contributed by atoms with Crippen LogP contribution >= 0.6 is 0 Å². The fourth-order valence-corrected chi connectivity index (χ4v) is 5.49. The number of H-pyrrole nitrogens is 1. The smallest absolute Gasteiger partial charge is 0.323 e. The molecule has 0 aliphatic heterocycles. The zero-order valence-corrected chi connectivity index (χ0v) is 26.8. The Labute approximate surface area is 276 Å². The summed E-state index contributed by atoms with van der Waals surface area (Å²) in [6.07, 6.45) is 1.29. The Morgan fingerprint density at radius 1 is 0.958 bits per heavy atom. The second-order valence-electron chi connectivity index (χ2n) is 11.4. The minimum absolute atomic E-state index is 0.0215. The summed E-state index contributed by atoms with van der Waals surface area (Å²) in [6.45, 7) is 2.76. The first-order chi connectivity index (χ1) is 23.1. The zero-order valence-electron chi connectivity index (χ0n) is 26.8.